The molecule has 5 nitrogen and oxygen atoms in total. The van der Waals surface area contributed by atoms with Gasteiger partial charge in [0.15, 0.2) is 0 Å². The fourth-order valence-corrected chi connectivity index (χ4v) is 4.22. The van der Waals surface area contributed by atoms with Gasteiger partial charge in [-0.3, -0.25) is 4.79 Å². The number of hydrogen-bond acceptors (Lipinski definition) is 4. The second kappa shape index (κ2) is 9.17. The molecule has 0 unspecified atom stereocenters. The summed E-state index contributed by atoms with van der Waals surface area (Å²) >= 11 is 0. The molecule has 2 aromatic rings. The van der Waals surface area contributed by atoms with Gasteiger partial charge in [0, 0.05) is 37.0 Å². The quantitative estimate of drug-likeness (QED) is 0.692. The molecule has 1 atom stereocenters. The molecule has 4 rings (SSSR count). The van der Waals surface area contributed by atoms with Crippen LogP contribution >= 0.6 is 0 Å². The van der Waals surface area contributed by atoms with E-state index in [0.717, 1.165) is 42.9 Å². The number of nitrogens with one attached hydrogen (secondary N) is 2. The minimum atomic E-state index is 0.0857. The highest BCUT2D eigenvalue weighted by atomic mass is 16.2. The second-order valence-corrected chi connectivity index (χ2v) is 7.70. The SMILES string of the molecule is CC(=O)N1CC[C@@H](Nc2cccc(C#CCN)c2)c2cc(C3=CCNCC3)ccc21. The zero-order valence-electron chi connectivity index (χ0n) is 17.4. The van der Waals surface area contributed by atoms with Crippen molar-refractivity contribution in [3.8, 4) is 11.8 Å². The van der Waals surface area contributed by atoms with Crippen LogP contribution in [0.1, 0.15) is 42.5 Å². The number of hydrogen-bond donors (Lipinski definition) is 3. The zero-order valence-corrected chi connectivity index (χ0v) is 17.4. The fourth-order valence-electron chi connectivity index (χ4n) is 4.22. The maximum atomic E-state index is 12.2. The number of amides is 1. The molecule has 30 heavy (non-hydrogen) atoms. The summed E-state index contributed by atoms with van der Waals surface area (Å²) < 4.78 is 0. The number of carbonyl (C=O) groups is 1. The van der Waals surface area contributed by atoms with Crippen LogP contribution in [-0.4, -0.2) is 32.1 Å². The average molecular weight is 401 g/mol. The van der Waals surface area contributed by atoms with E-state index in [0.29, 0.717) is 13.1 Å². The third-order valence-corrected chi connectivity index (χ3v) is 5.69. The van der Waals surface area contributed by atoms with E-state index in [1.807, 2.05) is 17.0 Å². The van der Waals surface area contributed by atoms with Crippen molar-refractivity contribution >= 4 is 22.9 Å². The van der Waals surface area contributed by atoms with Gasteiger partial charge in [0.05, 0.1) is 12.6 Å². The van der Waals surface area contributed by atoms with Crippen molar-refractivity contribution in [2.45, 2.75) is 25.8 Å². The standard InChI is InChI=1S/C25H28N4O/c1-18(30)29-15-11-24(28-22-6-2-4-19(16-22)5-3-12-26)23-17-21(7-8-25(23)29)20-9-13-27-14-10-20/h2,4,6-9,16-17,24,27-28H,10-15,26H2,1H3/t24-/m1/s1. The lowest BCUT2D eigenvalue weighted by atomic mass is 9.90. The summed E-state index contributed by atoms with van der Waals surface area (Å²) in [4.78, 5) is 14.1. The third-order valence-electron chi connectivity index (χ3n) is 5.69. The Bertz CT molecular complexity index is 1030. The number of anilines is 2. The first-order valence-electron chi connectivity index (χ1n) is 10.5. The van der Waals surface area contributed by atoms with Crippen molar-refractivity contribution in [1.29, 1.82) is 0 Å². The molecular formula is C25H28N4O. The Kier molecular flexibility index (Phi) is 6.18. The number of nitrogens with two attached hydrogens (primary N) is 1. The second-order valence-electron chi connectivity index (χ2n) is 7.70. The highest BCUT2D eigenvalue weighted by molar-refractivity contribution is 5.93. The minimum Gasteiger partial charge on any atom is -0.378 e. The first kappa shape index (κ1) is 20.2. The van der Waals surface area contributed by atoms with Gasteiger partial charge in [-0.15, -0.1) is 0 Å². The predicted molar refractivity (Wildman–Crippen MR) is 123 cm³/mol. The summed E-state index contributed by atoms with van der Waals surface area (Å²) in [6.07, 6.45) is 4.14. The van der Waals surface area contributed by atoms with Gasteiger partial charge in [0.25, 0.3) is 0 Å². The Hall–Kier alpha value is -3.07. The van der Waals surface area contributed by atoms with Crippen molar-refractivity contribution < 1.29 is 4.79 Å². The van der Waals surface area contributed by atoms with E-state index >= 15 is 0 Å². The van der Waals surface area contributed by atoms with Crippen molar-refractivity contribution in [1.82, 2.24) is 5.32 Å². The van der Waals surface area contributed by atoms with E-state index in [1.165, 1.54) is 16.7 Å². The van der Waals surface area contributed by atoms with Crippen LogP contribution in [0.25, 0.3) is 5.57 Å². The van der Waals surface area contributed by atoms with Crippen LogP contribution in [0.2, 0.25) is 0 Å². The summed E-state index contributed by atoms with van der Waals surface area (Å²) in [7, 11) is 0. The van der Waals surface area contributed by atoms with Crippen molar-refractivity contribution in [2.75, 3.05) is 36.4 Å². The van der Waals surface area contributed by atoms with Gasteiger partial charge in [0.2, 0.25) is 5.91 Å². The fraction of sp³-hybridized carbons (Fsp3) is 0.320. The molecule has 0 aliphatic carbocycles. The molecule has 2 heterocycles. The normalized spacial score (nSPS) is 18.0. The monoisotopic (exact) mass is 400 g/mol. The highest BCUT2D eigenvalue weighted by Crippen LogP contribution is 2.38. The molecule has 2 aliphatic heterocycles. The summed E-state index contributed by atoms with van der Waals surface area (Å²) in [5.41, 5.74) is 12.3. The first-order valence-corrected chi connectivity index (χ1v) is 10.5. The molecule has 0 bridgehead atoms. The molecule has 0 saturated carbocycles. The van der Waals surface area contributed by atoms with Gasteiger partial charge in [-0.25, -0.2) is 0 Å². The van der Waals surface area contributed by atoms with E-state index in [4.69, 9.17) is 5.73 Å². The number of rotatable bonds is 3. The van der Waals surface area contributed by atoms with Crippen LogP contribution in [0.15, 0.2) is 48.5 Å². The Balaban J connectivity index is 1.67. The van der Waals surface area contributed by atoms with Gasteiger partial charge in [-0.2, -0.15) is 0 Å². The van der Waals surface area contributed by atoms with Gasteiger partial charge >= 0.3 is 0 Å². The minimum absolute atomic E-state index is 0.0857. The van der Waals surface area contributed by atoms with Gasteiger partial charge in [0.1, 0.15) is 0 Å². The number of carbonyl (C=O) groups excluding carboxylic acids is 1. The van der Waals surface area contributed by atoms with Gasteiger partial charge in [-0.1, -0.05) is 30.0 Å². The summed E-state index contributed by atoms with van der Waals surface area (Å²) in [5, 5.41) is 7.04. The molecule has 0 aromatic heterocycles. The molecule has 154 valence electrons. The van der Waals surface area contributed by atoms with E-state index in [-0.39, 0.29) is 11.9 Å². The number of nitrogens with zero attached hydrogens (tertiary/aromatic N) is 1. The maximum absolute atomic E-state index is 12.2. The molecule has 1 amide bonds. The van der Waals surface area contributed by atoms with E-state index in [1.54, 1.807) is 6.92 Å². The van der Waals surface area contributed by atoms with Crippen molar-refractivity contribution in [2.24, 2.45) is 5.73 Å². The summed E-state index contributed by atoms with van der Waals surface area (Å²) in [6, 6.07) is 14.8. The molecule has 0 saturated heterocycles. The van der Waals surface area contributed by atoms with Crippen molar-refractivity contribution in [3.63, 3.8) is 0 Å². The zero-order chi connectivity index (χ0) is 20.9. The Morgan fingerprint density at radius 3 is 2.97 bits per heavy atom. The van der Waals surface area contributed by atoms with Crippen LogP contribution in [-0.2, 0) is 4.79 Å². The lowest BCUT2D eigenvalue weighted by Crippen LogP contribution is -2.36. The van der Waals surface area contributed by atoms with E-state index < -0.39 is 0 Å². The predicted octanol–water partition coefficient (Wildman–Crippen LogP) is 3.28. The summed E-state index contributed by atoms with van der Waals surface area (Å²) in [5.74, 6) is 6.09. The largest absolute Gasteiger partial charge is 0.378 e. The topological polar surface area (TPSA) is 70.4 Å². The van der Waals surface area contributed by atoms with Crippen LogP contribution in [0.3, 0.4) is 0 Å². The van der Waals surface area contributed by atoms with Gasteiger partial charge < -0.3 is 21.3 Å². The van der Waals surface area contributed by atoms with E-state index in [2.05, 4.69) is 58.9 Å². The maximum Gasteiger partial charge on any atom is 0.223 e. The van der Waals surface area contributed by atoms with Crippen LogP contribution < -0.4 is 21.3 Å². The molecule has 2 aromatic carbocycles. The highest BCUT2D eigenvalue weighted by Gasteiger charge is 2.28. The molecular weight excluding hydrogens is 372 g/mol. The molecule has 0 spiro atoms. The lowest BCUT2D eigenvalue weighted by Gasteiger charge is -2.35. The number of fused-ring (bicyclic) bond motifs is 1. The molecule has 2 aliphatic rings. The smallest absolute Gasteiger partial charge is 0.223 e. The first-order chi connectivity index (χ1) is 14.7. The van der Waals surface area contributed by atoms with Crippen LogP contribution in [0.5, 0.6) is 0 Å². The number of benzene rings is 2. The molecule has 0 radical (unpaired) electrons. The van der Waals surface area contributed by atoms with Crippen LogP contribution in [0, 0.1) is 11.8 Å². The molecule has 5 heteroatoms. The molecule has 4 N–H and O–H groups in total. The summed E-state index contributed by atoms with van der Waals surface area (Å²) in [6.45, 7) is 4.60. The van der Waals surface area contributed by atoms with E-state index in [9.17, 15) is 4.79 Å². The molecule has 0 fully saturated rings. The third kappa shape index (κ3) is 4.40. The Morgan fingerprint density at radius 1 is 1.30 bits per heavy atom. The van der Waals surface area contributed by atoms with Crippen molar-refractivity contribution in [3.05, 3.63) is 65.2 Å². The Labute approximate surface area is 178 Å². The van der Waals surface area contributed by atoms with Gasteiger partial charge in [-0.05, 0) is 66.4 Å². The lowest BCUT2D eigenvalue weighted by molar-refractivity contribution is -0.116. The Morgan fingerprint density at radius 2 is 2.20 bits per heavy atom. The van der Waals surface area contributed by atoms with Crippen LogP contribution in [0.4, 0.5) is 11.4 Å². The average Bonchev–Trinajstić information content (AvgIpc) is 2.78.